The van der Waals surface area contributed by atoms with Crippen LogP contribution in [-0.2, 0) is 0 Å². The summed E-state index contributed by atoms with van der Waals surface area (Å²) in [4.78, 5) is 12.1. The Labute approximate surface area is 95.5 Å². The first-order chi connectivity index (χ1) is 7.33. The maximum Gasteiger partial charge on any atom is 0.197 e. The fourth-order valence-electron chi connectivity index (χ4n) is 1.82. The molecule has 1 aliphatic rings. The molecular weight excluding hydrogens is 226 g/mol. The number of hydrogen-bond acceptors (Lipinski definition) is 4. The highest BCUT2D eigenvalue weighted by Gasteiger charge is 2.31. The van der Waals surface area contributed by atoms with Crippen molar-refractivity contribution in [2.45, 2.75) is 4.21 Å². The van der Waals surface area contributed by atoms with Crippen LogP contribution in [0.25, 0.3) is 11.3 Å². The number of benzene rings is 1. The van der Waals surface area contributed by atoms with E-state index in [0.717, 1.165) is 26.6 Å². The van der Waals surface area contributed by atoms with E-state index in [1.807, 2.05) is 30.5 Å². The molecule has 0 bridgehead atoms. The standard InChI is InChI=1S/C11H7NOS2/c1-14-11-8-9(12-15-11)6-4-2-3-5-7(6)10(8)13/h2-5H,1H3. The van der Waals surface area contributed by atoms with Crippen molar-refractivity contribution in [1.82, 2.24) is 4.37 Å². The summed E-state index contributed by atoms with van der Waals surface area (Å²) in [6.07, 6.45) is 1.98. The van der Waals surface area contributed by atoms with Crippen LogP contribution >= 0.6 is 23.3 Å². The van der Waals surface area contributed by atoms with E-state index in [0.29, 0.717) is 0 Å². The zero-order valence-electron chi connectivity index (χ0n) is 7.98. The van der Waals surface area contributed by atoms with Crippen molar-refractivity contribution < 1.29 is 4.79 Å². The van der Waals surface area contributed by atoms with Gasteiger partial charge >= 0.3 is 0 Å². The molecule has 1 heterocycles. The molecule has 2 nitrogen and oxygen atoms in total. The van der Waals surface area contributed by atoms with Crippen LogP contribution in [0.15, 0.2) is 28.5 Å². The number of carbonyl (C=O) groups excluding carboxylic acids is 1. The maximum atomic E-state index is 12.1. The van der Waals surface area contributed by atoms with Crippen LogP contribution in [0.1, 0.15) is 15.9 Å². The molecule has 3 rings (SSSR count). The molecule has 0 spiro atoms. The van der Waals surface area contributed by atoms with E-state index >= 15 is 0 Å². The number of ketones is 1. The molecule has 0 radical (unpaired) electrons. The Bertz CT molecular complexity index is 559. The third-order valence-corrected chi connectivity index (χ3v) is 4.44. The molecule has 4 heteroatoms. The predicted octanol–water partition coefficient (Wildman–Crippen LogP) is 3.08. The van der Waals surface area contributed by atoms with E-state index < -0.39 is 0 Å². The number of thioether (sulfide) groups is 1. The van der Waals surface area contributed by atoms with Crippen LogP contribution in [0.2, 0.25) is 0 Å². The Morgan fingerprint density at radius 1 is 1.27 bits per heavy atom. The number of nitrogens with zero attached hydrogens (tertiary/aromatic N) is 1. The van der Waals surface area contributed by atoms with Crippen molar-refractivity contribution in [2.75, 3.05) is 6.26 Å². The Balaban J connectivity index is 2.34. The zero-order valence-corrected chi connectivity index (χ0v) is 9.61. The fraction of sp³-hybridized carbons (Fsp3) is 0.0909. The van der Waals surface area contributed by atoms with Gasteiger partial charge in [-0.05, 0) is 17.8 Å². The van der Waals surface area contributed by atoms with Gasteiger partial charge in [-0.3, -0.25) is 4.79 Å². The Hall–Kier alpha value is -1.13. The highest BCUT2D eigenvalue weighted by Crippen LogP contribution is 2.42. The number of rotatable bonds is 1. The normalized spacial score (nSPS) is 12.7. The predicted molar refractivity (Wildman–Crippen MR) is 62.8 cm³/mol. The van der Waals surface area contributed by atoms with Crippen molar-refractivity contribution >= 4 is 29.1 Å². The van der Waals surface area contributed by atoms with Crippen LogP contribution in [0, 0.1) is 0 Å². The van der Waals surface area contributed by atoms with Gasteiger partial charge < -0.3 is 0 Å². The van der Waals surface area contributed by atoms with Gasteiger partial charge in [0.2, 0.25) is 0 Å². The topological polar surface area (TPSA) is 30.0 Å². The van der Waals surface area contributed by atoms with Gasteiger partial charge in [-0.1, -0.05) is 24.3 Å². The quantitative estimate of drug-likeness (QED) is 0.605. The van der Waals surface area contributed by atoms with Crippen LogP contribution in [0.3, 0.4) is 0 Å². The van der Waals surface area contributed by atoms with Crippen molar-refractivity contribution in [3.05, 3.63) is 35.4 Å². The molecule has 0 saturated carbocycles. The van der Waals surface area contributed by atoms with Gasteiger partial charge in [0.15, 0.2) is 5.78 Å². The second-order valence-electron chi connectivity index (χ2n) is 3.27. The summed E-state index contributed by atoms with van der Waals surface area (Å²) < 4.78 is 5.38. The van der Waals surface area contributed by atoms with Gasteiger partial charge in [0.1, 0.15) is 0 Å². The molecule has 0 saturated heterocycles. The molecule has 0 unspecified atom stereocenters. The molecule has 0 amide bonds. The SMILES string of the molecule is CSc1snc2c1C(=O)c1ccccc1-2. The lowest BCUT2D eigenvalue weighted by Gasteiger charge is -1.95. The van der Waals surface area contributed by atoms with Gasteiger partial charge in [0.25, 0.3) is 0 Å². The summed E-state index contributed by atoms with van der Waals surface area (Å²) >= 11 is 3.00. The number of aromatic nitrogens is 1. The highest BCUT2D eigenvalue weighted by atomic mass is 32.2. The second kappa shape index (κ2) is 3.18. The van der Waals surface area contributed by atoms with Gasteiger partial charge in [0, 0.05) is 11.1 Å². The third kappa shape index (κ3) is 1.12. The molecule has 1 aromatic heterocycles. The average Bonchev–Trinajstić information content (AvgIpc) is 2.81. The Kier molecular flexibility index (Phi) is 1.94. The maximum absolute atomic E-state index is 12.1. The van der Waals surface area contributed by atoms with Gasteiger partial charge in [-0.15, -0.1) is 11.8 Å². The molecule has 1 aliphatic carbocycles. The van der Waals surface area contributed by atoms with E-state index in [1.54, 1.807) is 11.8 Å². The molecule has 1 aromatic carbocycles. The molecule has 0 atom stereocenters. The molecule has 0 aliphatic heterocycles. The van der Waals surface area contributed by atoms with E-state index in [-0.39, 0.29) is 5.78 Å². The summed E-state index contributed by atoms with van der Waals surface area (Å²) in [5.41, 5.74) is 3.44. The molecule has 15 heavy (non-hydrogen) atoms. The first-order valence-corrected chi connectivity index (χ1v) is 6.50. The van der Waals surface area contributed by atoms with Crippen molar-refractivity contribution in [2.24, 2.45) is 0 Å². The van der Waals surface area contributed by atoms with Gasteiger partial charge in [-0.2, -0.15) is 4.37 Å². The van der Waals surface area contributed by atoms with Crippen LogP contribution in [0.5, 0.6) is 0 Å². The lowest BCUT2D eigenvalue weighted by atomic mass is 10.1. The third-order valence-electron chi connectivity index (χ3n) is 2.50. The first-order valence-electron chi connectivity index (χ1n) is 4.50. The molecule has 0 fully saturated rings. The van der Waals surface area contributed by atoms with E-state index in [9.17, 15) is 4.79 Å². The molecular formula is C11H7NOS2. The van der Waals surface area contributed by atoms with E-state index in [4.69, 9.17) is 0 Å². The molecule has 74 valence electrons. The first kappa shape index (κ1) is 9.12. The number of carbonyl (C=O) groups is 1. The van der Waals surface area contributed by atoms with Crippen molar-refractivity contribution in [3.63, 3.8) is 0 Å². The minimum Gasteiger partial charge on any atom is -0.288 e. The lowest BCUT2D eigenvalue weighted by Crippen LogP contribution is -1.94. The fourth-order valence-corrected chi connectivity index (χ4v) is 3.27. The minimum absolute atomic E-state index is 0.124. The van der Waals surface area contributed by atoms with Crippen molar-refractivity contribution in [3.8, 4) is 11.3 Å². The summed E-state index contributed by atoms with van der Waals surface area (Å²) in [6.45, 7) is 0. The monoisotopic (exact) mass is 233 g/mol. The number of fused-ring (bicyclic) bond motifs is 3. The largest absolute Gasteiger partial charge is 0.288 e. The second-order valence-corrected chi connectivity index (χ2v) is 5.12. The Morgan fingerprint density at radius 3 is 2.73 bits per heavy atom. The van der Waals surface area contributed by atoms with Crippen LogP contribution < -0.4 is 0 Å². The lowest BCUT2D eigenvalue weighted by molar-refractivity contribution is 0.104. The number of hydrogen-bond donors (Lipinski definition) is 0. The summed E-state index contributed by atoms with van der Waals surface area (Å²) in [5, 5.41) is 0. The summed E-state index contributed by atoms with van der Waals surface area (Å²) in [5.74, 6) is 0.124. The Morgan fingerprint density at radius 2 is 2.00 bits per heavy atom. The summed E-state index contributed by atoms with van der Waals surface area (Å²) in [6, 6.07) is 7.67. The average molecular weight is 233 g/mol. The van der Waals surface area contributed by atoms with Crippen LogP contribution in [-0.4, -0.2) is 16.4 Å². The minimum atomic E-state index is 0.124. The van der Waals surface area contributed by atoms with Crippen LogP contribution in [0.4, 0.5) is 0 Å². The molecule has 2 aromatic rings. The smallest absolute Gasteiger partial charge is 0.197 e. The van der Waals surface area contributed by atoms with E-state index in [2.05, 4.69) is 4.37 Å². The highest BCUT2D eigenvalue weighted by molar-refractivity contribution is 8.00. The molecule has 0 N–H and O–H groups in total. The van der Waals surface area contributed by atoms with Crippen molar-refractivity contribution in [1.29, 1.82) is 0 Å². The zero-order chi connectivity index (χ0) is 10.4. The summed E-state index contributed by atoms with van der Waals surface area (Å²) in [7, 11) is 0. The van der Waals surface area contributed by atoms with E-state index in [1.165, 1.54) is 11.5 Å². The van der Waals surface area contributed by atoms with Gasteiger partial charge in [0.05, 0.1) is 15.5 Å². The van der Waals surface area contributed by atoms with Gasteiger partial charge in [-0.25, -0.2) is 0 Å².